The van der Waals surface area contributed by atoms with Crippen LogP contribution in [0.4, 0.5) is 0 Å². The molecule has 0 bridgehead atoms. The largest absolute Gasteiger partial charge is 0.484 e. The second-order valence-corrected chi connectivity index (χ2v) is 5.67. The summed E-state index contributed by atoms with van der Waals surface area (Å²) in [7, 11) is 0. The van der Waals surface area contributed by atoms with Crippen LogP contribution >= 0.6 is 15.9 Å². The smallest absolute Gasteiger partial charge is 0.277 e. The van der Waals surface area contributed by atoms with Gasteiger partial charge in [0.25, 0.3) is 5.91 Å². The van der Waals surface area contributed by atoms with Crippen LogP contribution in [0, 0.1) is 0 Å². The summed E-state index contributed by atoms with van der Waals surface area (Å²) < 4.78 is 11.6. The SMILES string of the molecule is O=C(COc1ccc2cc(Br)ccc2c1)NN=Cc1ccco1. The van der Waals surface area contributed by atoms with Crippen molar-refractivity contribution in [3.05, 3.63) is 65.0 Å². The maximum Gasteiger partial charge on any atom is 0.277 e. The van der Waals surface area contributed by atoms with E-state index in [4.69, 9.17) is 9.15 Å². The second kappa shape index (κ2) is 7.11. The third-order valence-corrected chi connectivity index (χ3v) is 3.56. The Hall–Kier alpha value is -2.60. The molecule has 0 saturated heterocycles. The van der Waals surface area contributed by atoms with Crippen molar-refractivity contribution >= 4 is 38.8 Å². The first-order valence-electron chi connectivity index (χ1n) is 6.88. The number of ether oxygens (including phenoxy) is 1. The minimum atomic E-state index is -0.344. The van der Waals surface area contributed by atoms with Crippen LogP contribution in [0.25, 0.3) is 10.8 Å². The summed E-state index contributed by atoms with van der Waals surface area (Å²) in [6.07, 6.45) is 2.95. The first-order valence-corrected chi connectivity index (χ1v) is 7.67. The lowest BCUT2D eigenvalue weighted by atomic mass is 10.1. The van der Waals surface area contributed by atoms with Crippen molar-refractivity contribution in [3.63, 3.8) is 0 Å². The van der Waals surface area contributed by atoms with Crippen molar-refractivity contribution in [2.75, 3.05) is 6.61 Å². The minimum Gasteiger partial charge on any atom is -0.484 e. The van der Waals surface area contributed by atoms with Crippen LogP contribution in [0.3, 0.4) is 0 Å². The van der Waals surface area contributed by atoms with E-state index in [0.717, 1.165) is 15.2 Å². The number of fused-ring (bicyclic) bond motifs is 1. The van der Waals surface area contributed by atoms with Gasteiger partial charge in [-0.1, -0.05) is 28.1 Å². The number of halogens is 1. The monoisotopic (exact) mass is 372 g/mol. The van der Waals surface area contributed by atoms with Gasteiger partial charge in [-0.2, -0.15) is 5.10 Å². The van der Waals surface area contributed by atoms with Crippen molar-refractivity contribution in [1.82, 2.24) is 5.43 Å². The lowest BCUT2D eigenvalue weighted by Crippen LogP contribution is -2.24. The van der Waals surface area contributed by atoms with Gasteiger partial charge in [0, 0.05) is 4.47 Å². The van der Waals surface area contributed by atoms with Gasteiger partial charge in [0.05, 0.1) is 12.5 Å². The van der Waals surface area contributed by atoms with Gasteiger partial charge in [-0.15, -0.1) is 0 Å². The molecular weight excluding hydrogens is 360 g/mol. The van der Waals surface area contributed by atoms with Crippen LogP contribution in [0.5, 0.6) is 5.75 Å². The molecule has 0 atom stereocenters. The average molecular weight is 373 g/mol. The molecule has 2 aromatic carbocycles. The number of benzene rings is 2. The lowest BCUT2D eigenvalue weighted by molar-refractivity contribution is -0.123. The Labute approximate surface area is 141 Å². The Morgan fingerprint density at radius 3 is 2.87 bits per heavy atom. The van der Waals surface area contributed by atoms with Crippen molar-refractivity contribution in [3.8, 4) is 5.75 Å². The van der Waals surface area contributed by atoms with Gasteiger partial charge in [-0.05, 0) is 47.2 Å². The predicted octanol–water partition coefficient (Wildman–Crippen LogP) is 3.72. The molecule has 6 heteroatoms. The fourth-order valence-corrected chi connectivity index (χ4v) is 2.38. The topological polar surface area (TPSA) is 63.8 Å². The Balaban J connectivity index is 1.55. The standard InChI is InChI=1S/C17H13BrN2O3/c18-14-5-3-13-9-15(6-4-12(13)8-14)23-11-17(21)20-19-10-16-2-1-7-22-16/h1-10H,11H2,(H,20,21). The first-order chi connectivity index (χ1) is 11.2. The number of rotatable bonds is 5. The molecule has 1 N–H and O–H groups in total. The van der Waals surface area contributed by atoms with E-state index in [0.29, 0.717) is 11.5 Å². The number of hydrogen-bond acceptors (Lipinski definition) is 4. The maximum atomic E-state index is 11.7. The summed E-state index contributed by atoms with van der Waals surface area (Å²) in [6, 6.07) is 15.1. The number of furan rings is 1. The number of nitrogens with one attached hydrogen (secondary N) is 1. The summed E-state index contributed by atoms with van der Waals surface area (Å²) in [5, 5.41) is 5.92. The van der Waals surface area contributed by atoms with Crippen LogP contribution in [0.1, 0.15) is 5.76 Å². The Morgan fingerprint density at radius 2 is 2.04 bits per heavy atom. The van der Waals surface area contributed by atoms with E-state index in [1.165, 1.54) is 12.5 Å². The molecule has 0 aliphatic carbocycles. The number of nitrogens with zero attached hydrogens (tertiary/aromatic N) is 1. The molecule has 1 heterocycles. The summed E-state index contributed by atoms with van der Waals surface area (Å²) in [4.78, 5) is 11.7. The molecule has 0 fully saturated rings. The van der Waals surface area contributed by atoms with Crippen LogP contribution < -0.4 is 10.2 Å². The zero-order valence-corrected chi connectivity index (χ0v) is 13.6. The molecule has 0 aliphatic heterocycles. The second-order valence-electron chi connectivity index (χ2n) is 4.75. The van der Waals surface area contributed by atoms with E-state index in [2.05, 4.69) is 26.5 Å². The van der Waals surface area contributed by atoms with Crippen molar-refractivity contribution in [2.24, 2.45) is 5.10 Å². The van der Waals surface area contributed by atoms with Crippen LogP contribution in [-0.4, -0.2) is 18.7 Å². The highest BCUT2D eigenvalue weighted by molar-refractivity contribution is 9.10. The van der Waals surface area contributed by atoms with Crippen molar-refractivity contribution < 1.29 is 13.9 Å². The van der Waals surface area contributed by atoms with Gasteiger partial charge >= 0.3 is 0 Å². The lowest BCUT2D eigenvalue weighted by Gasteiger charge is -2.06. The van der Waals surface area contributed by atoms with E-state index < -0.39 is 0 Å². The van der Waals surface area contributed by atoms with Crippen molar-refractivity contribution in [2.45, 2.75) is 0 Å². The molecule has 1 aromatic heterocycles. The molecule has 3 rings (SSSR count). The van der Waals surface area contributed by atoms with Gasteiger partial charge in [0.2, 0.25) is 0 Å². The Morgan fingerprint density at radius 1 is 1.22 bits per heavy atom. The molecule has 0 spiro atoms. The summed E-state index contributed by atoms with van der Waals surface area (Å²) in [5.41, 5.74) is 2.38. The van der Waals surface area contributed by atoms with E-state index in [-0.39, 0.29) is 12.5 Å². The minimum absolute atomic E-state index is 0.114. The molecule has 116 valence electrons. The molecule has 0 unspecified atom stereocenters. The van der Waals surface area contributed by atoms with E-state index in [9.17, 15) is 4.79 Å². The molecule has 23 heavy (non-hydrogen) atoms. The van der Waals surface area contributed by atoms with Gasteiger partial charge < -0.3 is 9.15 Å². The maximum absolute atomic E-state index is 11.7. The summed E-state index contributed by atoms with van der Waals surface area (Å²) in [6.45, 7) is -0.114. The van der Waals surface area contributed by atoms with E-state index in [1.807, 2.05) is 36.4 Å². The number of carbonyl (C=O) groups is 1. The molecule has 1 amide bonds. The third-order valence-electron chi connectivity index (χ3n) is 3.07. The fraction of sp³-hybridized carbons (Fsp3) is 0.0588. The predicted molar refractivity (Wildman–Crippen MR) is 91.6 cm³/mol. The highest BCUT2D eigenvalue weighted by atomic mass is 79.9. The molecule has 0 radical (unpaired) electrons. The molecule has 3 aromatic rings. The number of amides is 1. The molecule has 5 nitrogen and oxygen atoms in total. The van der Waals surface area contributed by atoms with Crippen LogP contribution in [-0.2, 0) is 4.79 Å². The zero-order chi connectivity index (χ0) is 16.1. The molecule has 0 aliphatic rings. The average Bonchev–Trinajstić information content (AvgIpc) is 3.06. The first kappa shape index (κ1) is 15.3. The van der Waals surface area contributed by atoms with Crippen LogP contribution in [0.2, 0.25) is 0 Å². The van der Waals surface area contributed by atoms with Crippen molar-refractivity contribution in [1.29, 1.82) is 0 Å². The normalized spacial score (nSPS) is 11.0. The highest BCUT2D eigenvalue weighted by Crippen LogP contribution is 2.24. The number of hydrogen-bond donors (Lipinski definition) is 1. The van der Waals surface area contributed by atoms with E-state index in [1.54, 1.807) is 12.1 Å². The van der Waals surface area contributed by atoms with Gasteiger partial charge in [0.15, 0.2) is 6.61 Å². The van der Waals surface area contributed by atoms with Gasteiger partial charge in [-0.3, -0.25) is 4.79 Å². The van der Waals surface area contributed by atoms with Gasteiger partial charge in [-0.25, -0.2) is 5.43 Å². The number of hydrazone groups is 1. The van der Waals surface area contributed by atoms with E-state index >= 15 is 0 Å². The molecular formula is C17H13BrN2O3. The quantitative estimate of drug-likeness (QED) is 0.548. The van der Waals surface area contributed by atoms with Crippen LogP contribution in [0.15, 0.2) is 68.8 Å². The van der Waals surface area contributed by atoms with Gasteiger partial charge in [0.1, 0.15) is 11.5 Å². The summed E-state index contributed by atoms with van der Waals surface area (Å²) >= 11 is 3.43. The summed E-state index contributed by atoms with van der Waals surface area (Å²) in [5.74, 6) is 0.848. The Kier molecular flexibility index (Phi) is 4.73. The molecule has 0 saturated carbocycles. The zero-order valence-electron chi connectivity index (χ0n) is 12.0. The fourth-order valence-electron chi connectivity index (χ4n) is 2.00. The number of carbonyl (C=O) groups excluding carboxylic acids is 1. The third kappa shape index (κ3) is 4.20. The highest BCUT2D eigenvalue weighted by Gasteiger charge is 2.03. The Bertz CT molecular complexity index is 844.